The molecule has 3 rings (SSSR count). The van der Waals surface area contributed by atoms with Crippen LogP contribution < -0.4 is 0 Å². The fourth-order valence-corrected chi connectivity index (χ4v) is 3.21. The van der Waals surface area contributed by atoms with Crippen LogP contribution in [0.4, 0.5) is 0 Å². The van der Waals surface area contributed by atoms with E-state index in [1.807, 2.05) is 36.1 Å². The second-order valence-corrected chi connectivity index (χ2v) is 6.10. The second kappa shape index (κ2) is 6.89. The molecule has 122 valence electrons. The van der Waals surface area contributed by atoms with Gasteiger partial charge in [-0.1, -0.05) is 31.2 Å². The Labute approximate surface area is 136 Å². The lowest BCUT2D eigenvalue weighted by atomic mass is 10.00. The molecule has 1 atom stereocenters. The summed E-state index contributed by atoms with van der Waals surface area (Å²) in [4.78, 5) is 15.9. The molecule has 1 amide bonds. The third-order valence-electron chi connectivity index (χ3n) is 4.53. The zero-order valence-corrected chi connectivity index (χ0v) is 13.8. The van der Waals surface area contributed by atoms with Gasteiger partial charge in [-0.3, -0.25) is 4.79 Å². The third-order valence-corrected chi connectivity index (χ3v) is 4.53. The lowest BCUT2D eigenvalue weighted by Gasteiger charge is -2.35. The van der Waals surface area contributed by atoms with E-state index in [2.05, 4.69) is 22.3 Å². The van der Waals surface area contributed by atoms with E-state index in [0.717, 1.165) is 36.9 Å². The van der Waals surface area contributed by atoms with Crippen molar-refractivity contribution in [3.63, 3.8) is 0 Å². The van der Waals surface area contributed by atoms with Gasteiger partial charge >= 0.3 is 0 Å². The smallest absolute Gasteiger partial charge is 0.246 e. The second-order valence-electron chi connectivity index (χ2n) is 6.10. The topological polar surface area (TPSA) is 63.9 Å². The number of aromatic nitrogens is 4. The summed E-state index contributed by atoms with van der Waals surface area (Å²) in [7, 11) is 0. The van der Waals surface area contributed by atoms with E-state index in [4.69, 9.17) is 0 Å². The number of piperidine rings is 1. The molecule has 1 aromatic carbocycles. The third kappa shape index (κ3) is 3.41. The molecule has 0 N–H and O–H groups in total. The maximum Gasteiger partial charge on any atom is 0.246 e. The standard InChI is InChI=1S/C17H23N5O/c1-3-14-9-6-7-11-21(14)16(23)12-22-19-17(18-20-22)15-10-5-4-8-13(15)2/h4-5,8,10,14H,3,6-7,9,11-12H2,1-2H3/t14-/m0/s1. The van der Waals surface area contributed by atoms with Gasteiger partial charge in [-0.05, 0) is 43.4 Å². The molecule has 0 unspecified atom stereocenters. The molecule has 1 fully saturated rings. The first-order valence-electron chi connectivity index (χ1n) is 8.32. The van der Waals surface area contributed by atoms with Gasteiger partial charge in [0.05, 0.1) is 0 Å². The van der Waals surface area contributed by atoms with Crippen LogP contribution in [0.1, 0.15) is 38.2 Å². The number of carbonyl (C=O) groups excluding carboxylic acids is 1. The van der Waals surface area contributed by atoms with E-state index in [-0.39, 0.29) is 12.5 Å². The number of tetrazole rings is 1. The Morgan fingerprint density at radius 1 is 1.30 bits per heavy atom. The van der Waals surface area contributed by atoms with Gasteiger partial charge < -0.3 is 4.90 Å². The summed E-state index contributed by atoms with van der Waals surface area (Å²) in [5, 5.41) is 12.5. The number of rotatable bonds is 4. The van der Waals surface area contributed by atoms with Gasteiger partial charge in [-0.2, -0.15) is 4.80 Å². The lowest BCUT2D eigenvalue weighted by molar-refractivity contribution is -0.136. The van der Waals surface area contributed by atoms with Crippen LogP contribution >= 0.6 is 0 Å². The van der Waals surface area contributed by atoms with Crippen LogP contribution in [0.15, 0.2) is 24.3 Å². The van der Waals surface area contributed by atoms with Crippen molar-refractivity contribution in [2.75, 3.05) is 6.54 Å². The molecular weight excluding hydrogens is 290 g/mol. The summed E-state index contributed by atoms with van der Waals surface area (Å²) in [5.74, 6) is 0.659. The first-order chi connectivity index (χ1) is 11.2. The first kappa shape index (κ1) is 15.6. The predicted molar refractivity (Wildman–Crippen MR) is 87.6 cm³/mol. The van der Waals surface area contributed by atoms with Gasteiger partial charge in [-0.15, -0.1) is 10.2 Å². The summed E-state index contributed by atoms with van der Waals surface area (Å²) >= 11 is 0. The molecular formula is C17H23N5O. The lowest BCUT2D eigenvalue weighted by Crippen LogP contribution is -2.45. The monoisotopic (exact) mass is 313 g/mol. The molecule has 1 aromatic heterocycles. The van der Waals surface area contributed by atoms with Crippen LogP contribution in [0, 0.1) is 6.92 Å². The Hall–Kier alpha value is -2.24. The Morgan fingerprint density at radius 3 is 2.91 bits per heavy atom. The van der Waals surface area contributed by atoms with Crippen LogP contribution in [0.25, 0.3) is 11.4 Å². The van der Waals surface area contributed by atoms with Crippen LogP contribution in [-0.2, 0) is 11.3 Å². The summed E-state index contributed by atoms with van der Waals surface area (Å²) in [6.07, 6.45) is 4.40. The molecule has 1 aliphatic heterocycles. The van der Waals surface area contributed by atoms with Crippen LogP contribution in [0.3, 0.4) is 0 Å². The van der Waals surface area contributed by atoms with E-state index < -0.39 is 0 Å². The zero-order valence-electron chi connectivity index (χ0n) is 13.8. The number of nitrogens with zero attached hydrogens (tertiary/aromatic N) is 5. The van der Waals surface area contributed by atoms with E-state index >= 15 is 0 Å². The first-order valence-corrected chi connectivity index (χ1v) is 8.32. The largest absolute Gasteiger partial charge is 0.338 e. The van der Waals surface area contributed by atoms with Crippen LogP contribution in [-0.4, -0.2) is 43.6 Å². The molecule has 0 aliphatic carbocycles. The average Bonchev–Trinajstić information content (AvgIpc) is 3.03. The zero-order chi connectivity index (χ0) is 16.2. The van der Waals surface area contributed by atoms with Crippen molar-refractivity contribution in [2.45, 2.75) is 52.1 Å². The van der Waals surface area contributed by atoms with Crippen molar-refractivity contribution in [3.05, 3.63) is 29.8 Å². The minimum atomic E-state index is 0.0882. The Morgan fingerprint density at radius 2 is 2.13 bits per heavy atom. The highest BCUT2D eigenvalue weighted by Gasteiger charge is 2.25. The molecule has 6 heteroatoms. The number of hydrogen-bond acceptors (Lipinski definition) is 4. The highest BCUT2D eigenvalue weighted by Crippen LogP contribution is 2.20. The maximum atomic E-state index is 12.5. The average molecular weight is 313 g/mol. The number of carbonyl (C=O) groups is 1. The molecule has 0 spiro atoms. The van der Waals surface area contributed by atoms with Crippen molar-refractivity contribution >= 4 is 5.91 Å². The Balaban J connectivity index is 1.71. The van der Waals surface area contributed by atoms with E-state index in [1.54, 1.807) is 0 Å². The predicted octanol–water partition coefficient (Wildman–Crippen LogP) is 2.44. The number of aryl methyl sites for hydroxylation is 1. The molecule has 1 aliphatic rings. The number of likely N-dealkylation sites (tertiary alicyclic amines) is 1. The summed E-state index contributed by atoms with van der Waals surface area (Å²) in [5.41, 5.74) is 2.05. The maximum absolute atomic E-state index is 12.5. The molecule has 0 saturated carbocycles. The highest BCUT2D eigenvalue weighted by atomic mass is 16.2. The fraction of sp³-hybridized carbons (Fsp3) is 0.529. The molecule has 0 radical (unpaired) electrons. The normalized spacial score (nSPS) is 18.2. The van der Waals surface area contributed by atoms with Gasteiger partial charge in [-0.25, -0.2) is 0 Å². The summed E-state index contributed by atoms with van der Waals surface area (Å²) in [6.45, 7) is 5.16. The van der Waals surface area contributed by atoms with Gasteiger partial charge in [0, 0.05) is 18.2 Å². The fourth-order valence-electron chi connectivity index (χ4n) is 3.21. The quantitative estimate of drug-likeness (QED) is 0.869. The molecule has 1 saturated heterocycles. The number of amides is 1. The van der Waals surface area contributed by atoms with Crippen molar-refractivity contribution in [1.29, 1.82) is 0 Å². The SMILES string of the molecule is CC[C@H]1CCCCN1C(=O)Cn1nnc(-c2ccccc2C)n1. The Kier molecular flexibility index (Phi) is 4.69. The Bertz CT molecular complexity index is 681. The van der Waals surface area contributed by atoms with Gasteiger partial charge in [0.15, 0.2) is 0 Å². The molecule has 23 heavy (non-hydrogen) atoms. The minimum Gasteiger partial charge on any atom is -0.338 e. The van der Waals surface area contributed by atoms with E-state index in [9.17, 15) is 4.79 Å². The van der Waals surface area contributed by atoms with Gasteiger partial charge in [0.25, 0.3) is 0 Å². The molecule has 0 bridgehead atoms. The molecule has 2 aromatic rings. The van der Waals surface area contributed by atoms with Crippen molar-refractivity contribution < 1.29 is 4.79 Å². The van der Waals surface area contributed by atoms with E-state index in [0.29, 0.717) is 11.9 Å². The number of hydrogen-bond donors (Lipinski definition) is 0. The van der Waals surface area contributed by atoms with Crippen molar-refractivity contribution in [1.82, 2.24) is 25.1 Å². The number of benzene rings is 1. The molecule has 6 nitrogen and oxygen atoms in total. The molecule has 2 heterocycles. The minimum absolute atomic E-state index is 0.0882. The van der Waals surface area contributed by atoms with Gasteiger partial charge in [0.1, 0.15) is 6.54 Å². The van der Waals surface area contributed by atoms with Crippen LogP contribution in [0.5, 0.6) is 0 Å². The van der Waals surface area contributed by atoms with Crippen LogP contribution in [0.2, 0.25) is 0 Å². The van der Waals surface area contributed by atoms with Crippen molar-refractivity contribution in [3.8, 4) is 11.4 Å². The van der Waals surface area contributed by atoms with Crippen molar-refractivity contribution in [2.24, 2.45) is 0 Å². The highest BCUT2D eigenvalue weighted by molar-refractivity contribution is 5.76. The summed E-state index contributed by atoms with van der Waals surface area (Å²) in [6, 6.07) is 8.27. The van der Waals surface area contributed by atoms with Gasteiger partial charge in [0.2, 0.25) is 11.7 Å². The van der Waals surface area contributed by atoms with E-state index in [1.165, 1.54) is 11.2 Å². The summed E-state index contributed by atoms with van der Waals surface area (Å²) < 4.78 is 0.